The summed E-state index contributed by atoms with van der Waals surface area (Å²) in [5, 5.41) is 21.9. The summed E-state index contributed by atoms with van der Waals surface area (Å²) >= 11 is 12.1. The summed E-state index contributed by atoms with van der Waals surface area (Å²) in [5.74, 6) is 0. The molecule has 2 nitrogen and oxygen atoms in total. The van der Waals surface area contributed by atoms with Crippen molar-refractivity contribution in [2.75, 3.05) is 0 Å². The Morgan fingerprint density at radius 1 is 1.11 bits per heavy atom. The molecule has 1 saturated carbocycles. The second kappa shape index (κ2) is 6.45. The van der Waals surface area contributed by atoms with Crippen molar-refractivity contribution in [1.82, 2.24) is 0 Å². The Hall–Kier alpha value is -0.280. The number of aliphatic hydroxyl groups excluding tert-OH is 1. The van der Waals surface area contributed by atoms with Crippen molar-refractivity contribution in [1.29, 1.82) is 0 Å². The molecular weight excluding hydrogens is 283 g/mol. The highest BCUT2D eigenvalue weighted by Crippen LogP contribution is 2.33. The van der Waals surface area contributed by atoms with Gasteiger partial charge in [0.1, 0.15) is 0 Å². The standard InChI is InChI=1S/C15H20Cl2O2/c16-12-7-5-6-11(14(12)17)10-13(18)15(19)8-3-1-2-4-9-15/h5-7,13,18-19H,1-4,8-10H2. The number of aliphatic hydroxyl groups is 2. The molecule has 2 N–H and O–H groups in total. The largest absolute Gasteiger partial charge is 0.390 e. The molecule has 1 atom stereocenters. The van der Waals surface area contributed by atoms with Gasteiger partial charge in [-0.2, -0.15) is 0 Å². The lowest BCUT2D eigenvalue weighted by atomic mass is 9.85. The summed E-state index contributed by atoms with van der Waals surface area (Å²) in [6.07, 6.45) is 5.07. The van der Waals surface area contributed by atoms with Gasteiger partial charge in [-0.1, -0.05) is 61.0 Å². The Morgan fingerprint density at radius 3 is 2.37 bits per heavy atom. The lowest BCUT2D eigenvalue weighted by molar-refractivity contribution is -0.0836. The van der Waals surface area contributed by atoms with Gasteiger partial charge >= 0.3 is 0 Å². The third-order valence-electron chi connectivity index (χ3n) is 4.03. The number of rotatable bonds is 3. The second-order valence-corrected chi connectivity index (χ2v) is 6.24. The molecule has 106 valence electrons. The molecule has 1 aromatic carbocycles. The van der Waals surface area contributed by atoms with Crippen LogP contribution in [0.4, 0.5) is 0 Å². The van der Waals surface area contributed by atoms with Gasteiger partial charge in [-0.25, -0.2) is 0 Å². The summed E-state index contributed by atoms with van der Waals surface area (Å²) in [4.78, 5) is 0. The van der Waals surface area contributed by atoms with E-state index in [0.717, 1.165) is 31.2 Å². The third kappa shape index (κ3) is 3.63. The first-order valence-corrected chi connectivity index (χ1v) is 7.62. The Labute approximate surface area is 124 Å². The van der Waals surface area contributed by atoms with Crippen molar-refractivity contribution in [3.63, 3.8) is 0 Å². The van der Waals surface area contributed by atoms with Crippen LogP contribution in [0.15, 0.2) is 18.2 Å². The molecule has 0 aromatic heterocycles. The number of hydrogen-bond donors (Lipinski definition) is 2. The smallest absolute Gasteiger partial charge is 0.0908 e. The van der Waals surface area contributed by atoms with Gasteiger partial charge in [0.15, 0.2) is 0 Å². The molecule has 1 unspecified atom stereocenters. The molecule has 0 spiro atoms. The van der Waals surface area contributed by atoms with E-state index < -0.39 is 11.7 Å². The van der Waals surface area contributed by atoms with E-state index in [1.165, 1.54) is 0 Å². The van der Waals surface area contributed by atoms with Crippen LogP contribution in [-0.4, -0.2) is 21.9 Å². The normalized spacial score (nSPS) is 20.8. The van der Waals surface area contributed by atoms with E-state index in [2.05, 4.69) is 0 Å². The minimum absolute atomic E-state index is 0.343. The molecule has 0 amide bonds. The molecule has 0 heterocycles. The Morgan fingerprint density at radius 2 is 1.74 bits per heavy atom. The van der Waals surface area contributed by atoms with Gasteiger partial charge in [0.25, 0.3) is 0 Å². The number of halogens is 2. The van der Waals surface area contributed by atoms with Crippen molar-refractivity contribution in [2.45, 2.75) is 56.7 Å². The van der Waals surface area contributed by atoms with E-state index in [4.69, 9.17) is 23.2 Å². The van der Waals surface area contributed by atoms with E-state index in [1.54, 1.807) is 6.07 Å². The van der Waals surface area contributed by atoms with E-state index in [-0.39, 0.29) is 0 Å². The maximum absolute atomic E-state index is 10.6. The Bertz CT molecular complexity index is 426. The molecule has 1 aliphatic rings. The number of hydrogen-bond acceptors (Lipinski definition) is 2. The van der Waals surface area contributed by atoms with Gasteiger partial charge in [-0.3, -0.25) is 0 Å². The fourth-order valence-electron chi connectivity index (χ4n) is 2.78. The fraction of sp³-hybridized carbons (Fsp3) is 0.600. The van der Waals surface area contributed by atoms with Crippen molar-refractivity contribution in [3.8, 4) is 0 Å². The molecule has 1 aromatic rings. The van der Waals surface area contributed by atoms with E-state index >= 15 is 0 Å². The predicted octanol–water partition coefficient (Wildman–Crippen LogP) is 3.98. The minimum atomic E-state index is -0.984. The maximum Gasteiger partial charge on any atom is 0.0908 e. The fourth-order valence-corrected chi connectivity index (χ4v) is 3.18. The first-order valence-electron chi connectivity index (χ1n) is 6.86. The van der Waals surface area contributed by atoms with Crippen LogP contribution in [0, 0.1) is 0 Å². The molecule has 0 radical (unpaired) electrons. The quantitative estimate of drug-likeness (QED) is 0.829. The highest BCUT2D eigenvalue weighted by atomic mass is 35.5. The van der Waals surface area contributed by atoms with Gasteiger partial charge in [-0.15, -0.1) is 0 Å². The monoisotopic (exact) mass is 302 g/mol. The molecule has 4 heteroatoms. The molecule has 2 rings (SSSR count). The zero-order valence-corrected chi connectivity index (χ0v) is 12.4. The predicted molar refractivity (Wildman–Crippen MR) is 78.8 cm³/mol. The van der Waals surface area contributed by atoms with Crippen LogP contribution >= 0.6 is 23.2 Å². The zero-order valence-electron chi connectivity index (χ0n) is 10.9. The first-order chi connectivity index (χ1) is 9.03. The second-order valence-electron chi connectivity index (χ2n) is 5.45. The van der Waals surface area contributed by atoms with Crippen LogP contribution in [0.1, 0.15) is 44.1 Å². The zero-order chi connectivity index (χ0) is 13.9. The van der Waals surface area contributed by atoms with Gasteiger partial charge in [0, 0.05) is 6.42 Å². The lowest BCUT2D eigenvalue weighted by Gasteiger charge is -2.32. The van der Waals surface area contributed by atoms with Crippen LogP contribution in [0.3, 0.4) is 0 Å². The molecule has 0 aliphatic heterocycles. The van der Waals surface area contributed by atoms with Crippen molar-refractivity contribution in [3.05, 3.63) is 33.8 Å². The molecular formula is C15H20Cl2O2. The van der Waals surface area contributed by atoms with Crippen molar-refractivity contribution < 1.29 is 10.2 Å². The highest BCUT2D eigenvalue weighted by molar-refractivity contribution is 6.42. The van der Waals surface area contributed by atoms with Gasteiger partial charge in [0.05, 0.1) is 21.8 Å². The van der Waals surface area contributed by atoms with Crippen molar-refractivity contribution in [2.24, 2.45) is 0 Å². The summed E-state index contributed by atoms with van der Waals surface area (Å²) in [6.45, 7) is 0. The summed E-state index contributed by atoms with van der Waals surface area (Å²) in [6, 6.07) is 5.38. The maximum atomic E-state index is 10.6. The minimum Gasteiger partial charge on any atom is -0.390 e. The average Bonchev–Trinajstić information content (AvgIpc) is 2.61. The molecule has 19 heavy (non-hydrogen) atoms. The van der Waals surface area contributed by atoms with Crippen LogP contribution < -0.4 is 0 Å². The van der Waals surface area contributed by atoms with E-state index in [1.807, 2.05) is 12.1 Å². The van der Waals surface area contributed by atoms with E-state index in [0.29, 0.717) is 29.3 Å². The number of benzene rings is 1. The van der Waals surface area contributed by atoms with Crippen LogP contribution in [-0.2, 0) is 6.42 Å². The summed E-state index contributed by atoms with van der Waals surface area (Å²) in [7, 11) is 0. The van der Waals surface area contributed by atoms with Crippen LogP contribution in [0.25, 0.3) is 0 Å². The van der Waals surface area contributed by atoms with Crippen LogP contribution in [0.2, 0.25) is 10.0 Å². The third-order valence-corrected chi connectivity index (χ3v) is 4.89. The van der Waals surface area contributed by atoms with Crippen molar-refractivity contribution >= 4 is 23.2 Å². The molecule has 1 fully saturated rings. The first kappa shape index (κ1) is 15.1. The van der Waals surface area contributed by atoms with Crippen LogP contribution in [0.5, 0.6) is 0 Å². The summed E-state index contributed by atoms with van der Waals surface area (Å²) in [5.41, 5.74) is -0.193. The van der Waals surface area contributed by atoms with E-state index in [9.17, 15) is 10.2 Å². The van der Waals surface area contributed by atoms with Gasteiger partial charge in [0.2, 0.25) is 0 Å². The highest BCUT2D eigenvalue weighted by Gasteiger charge is 2.36. The topological polar surface area (TPSA) is 40.5 Å². The van der Waals surface area contributed by atoms with Gasteiger partial charge < -0.3 is 10.2 Å². The Kier molecular flexibility index (Phi) is 5.13. The Balaban J connectivity index is 2.11. The molecule has 1 aliphatic carbocycles. The SMILES string of the molecule is OC(Cc1cccc(Cl)c1Cl)C1(O)CCCCCC1. The molecule has 0 saturated heterocycles. The average molecular weight is 303 g/mol. The lowest BCUT2D eigenvalue weighted by Crippen LogP contribution is -2.43. The van der Waals surface area contributed by atoms with Gasteiger partial charge in [-0.05, 0) is 24.5 Å². The summed E-state index contributed by atoms with van der Waals surface area (Å²) < 4.78 is 0. The molecule has 0 bridgehead atoms.